The molecule has 4 aliphatic rings. The highest BCUT2D eigenvalue weighted by atomic mass is 35.5. The number of aliphatic imine (C=N–C) groups is 1. The van der Waals surface area contributed by atoms with Crippen LogP contribution in [-0.2, 0) is 0 Å². The van der Waals surface area contributed by atoms with Gasteiger partial charge in [-0.1, -0.05) is 59.2 Å². The quantitative estimate of drug-likeness (QED) is 0.321. The lowest BCUT2D eigenvalue weighted by atomic mass is 9.82. The van der Waals surface area contributed by atoms with Crippen molar-refractivity contribution in [2.24, 2.45) is 4.99 Å². The molecular weight excluding hydrogens is 535 g/mol. The Bertz CT molecular complexity index is 1540. The Morgan fingerprint density at radius 1 is 0.868 bits per heavy atom. The van der Waals surface area contributed by atoms with Crippen LogP contribution in [0.25, 0.3) is 11.8 Å². The van der Waals surface area contributed by atoms with Crippen molar-refractivity contribution in [3.05, 3.63) is 116 Å². The van der Waals surface area contributed by atoms with Crippen molar-refractivity contribution in [1.29, 1.82) is 0 Å². The Morgan fingerprint density at radius 3 is 2.39 bits per heavy atom. The molecule has 1 aliphatic carbocycles. The van der Waals surface area contributed by atoms with Crippen molar-refractivity contribution in [2.75, 3.05) is 13.2 Å². The summed E-state index contributed by atoms with van der Waals surface area (Å²) < 4.78 is 11.7. The highest BCUT2D eigenvalue weighted by molar-refractivity contribution is 8.16. The molecule has 3 heterocycles. The molecule has 1 atom stereocenters. The number of benzene rings is 3. The smallest absolute Gasteiger partial charge is 0.174 e. The van der Waals surface area contributed by atoms with Gasteiger partial charge < -0.3 is 14.4 Å². The first-order chi connectivity index (χ1) is 18.6. The molecule has 0 N–H and O–H groups in total. The summed E-state index contributed by atoms with van der Waals surface area (Å²) in [5, 5.41) is 4.66. The van der Waals surface area contributed by atoms with Crippen molar-refractivity contribution in [3.63, 3.8) is 0 Å². The Morgan fingerprint density at radius 2 is 1.61 bits per heavy atom. The topological polar surface area (TPSA) is 34.1 Å². The second-order valence-electron chi connectivity index (χ2n) is 9.65. The van der Waals surface area contributed by atoms with Crippen molar-refractivity contribution >= 4 is 51.9 Å². The molecule has 3 aliphatic heterocycles. The first kappa shape index (κ1) is 24.0. The zero-order valence-corrected chi connectivity index (χ0v) is 22.8. The van der Waals surface area contributed by atoms with Gasteiger partial charge in [0.05, 0.1) is 17.4 Å². The molecule has 0 fully saturated rings. The van der Waals surface area contributed by atoms with E-state index in [0.29, 0.717) is 13.2 Å². The Kier molecular flexibility index (Phi) is 6.23. The van der Waals surface area contributed by atoms with E-state index in [4.69, 9.17) is 37.7 Å². The van der Waals surface area contributed by atoms with Gasteiger partial charge in [-0.2, -0.15) is 0 Å². The maximum absolute atomic E-state index is 6.31. The van der Waals surface area contributed by atoms with Crippen molar-refractivity contribution in [3.8, 4) is 11.5 Å². The van der Waals surface area contributed by atoms with Gasteiger partial charge in [-0.15, -0.1) is 0 Å². The summed E-state index contributed by atoms with van der Waals surface area (Å²) >= 11 is 14.1. The van der Waals surface area contributed by atoms with E-state index >= 15 is 0 Å². The lowest BCUT2D eigenvalue weighted by molar-refractivity contribution is 0.171. The largest absolute Gasteiger partial charge is 0.486 e. The molecule has 0 unspecified atom stereocenters. The monoisotopic (exact) mass is 558 g/mol. The number of hydrogen-bond donors (Lipinski definition) is 0. The second-order valence-corrected chi connectivity index (χ2v) is 11.4. The van der Waals surface area contributed by atoms with Crippen LogP contribution in [0.1, 0.15) is 42.0 Å². The van der Waals surface area contributed by atoms with Gasteiger partial charge in [0.1, 0.15) is 13.2 Å². The van der Waals surface area contributed by atoms with E-state index in [1.165, 1.54) is 16.7 Å². The number of fused-ring (bicyclic) bond motifs is 2. The van der Waals surface area contributed by atoms with Crippen LogP contribution in [0.3, 0.4) is 0 Å². The molecule has 3 aromatic rings. The lowest BCUT2D eigenvalue weighted by Gasteiger charge is -2.40. The Labute approximate surface area is 236 Å². The lowest BCUT2D eigenvalue weighted by Crippen LogP contribution is -2.34. The summed E-state index contributed by atoms with van der Waals surface area (Å²) in [5.41, 5.74) is 8.27. The summed E-state index contributed by atoms with van der Waals surface area (Å²) in [6.07, 6.45) is 5.33. The number of rotatable bonds is 3. The molecule has 0 aromatic heterocycles. The third-order valence-corrected chi connectivity index (χ3v) is 8.62. The first-order valence-corrected chi connectivity index (χ1v) is 14.4. The molecule has 4 nitrogen and oxygen atoms in total. The SMILES string of the molecule is Clc1ccc(/C=C2\CCCC3=C2N=C2SC=C(c4ccc5c(c4)OCCO5)N2[C@@H]3c2ccc(Cl)cc2)cc1. The molecule has 0 saturated heterocycles. The maximum Gasteiger partial charge on any atom is 0.174 e. The molecule has 190 valence electrons. The van der Waals surface area contributed by atoms with Crippen LogP contribution in [0.5, 0.6) is 11.5 Å². The summed E-state index contributed by atoms with van der Waals surface area (Å²) in [5.74, 6) is 1.58. The highest BCUT2D eigenvalue weighted by Crippen LogP contribution is 2.51. The third kappa shape index (κ3) is 4.33. The van der Waals surface area contributed by atoms with E-state index in [-0.39, 0.29) is 6.04 Å². The maximum atomic E-state index is 6.31. The van der Waals surface area contributed by atoms with Gasteiger partial charge in [0.15, 0.2) is 16.7 Å². The number of hydrogen-bond acceptors (Lipinski definition) is 5. The summed E-state index contributed by atoms with van der Waals surface area (Å²) in [6.45, 7) is 1.14. The predicted octanol–water partition coefficient (Wildman–Crippen LogP) is 8.74. The number of thioether (sulfide) groups is 1. The van der Waals surface area contributed by atoms with Crippen molar-refractivity contribution in [1.82, 2.24) is 4.90 Å². The number of halogens is 2. The van der Waals surface area contributed by atoms with E-state index in [9.17, 15) is 0 Å². The average Bonchev–Trinajstić information content (AvgIpc) is 3.37. The summed E-state index contributed by atoms with van der Waals surface area (Å²) in [6, 6.07) is 22.5. The summed E-state index contributed by atoms with van der Waals surface area (Å²) in [4.78, 5) is 7.65. The molecule has 3 aromatic carbocycles. The molecule has 0 spiro atoms. The van der Waals surface area contributed by atoms with E-state index in [1.54, 1.807) is 11.8 Å². The highest BCUT2D eigenvalue weighted by Gasteiger charge is 2.40. The van der Waals surface area contributed by atoms with Gasteiger partial charge in [0.25, 0.3) is 0 Å². The predicted molar refractivity (Wildman–Crippen MR) is 157 cm³/mol. The minimum atomic E-state index is 0.0261. The molecule has 7 rings (SSSR count). The van der Waals surface area contributed by atoms with Crippen LogP contribution in [0.2, 0.25) is 10.0 Å². The molecule has 38 heavy (non-hydrogen) atoms. The van der Waals surface area contributed by atoms with Gasteiger partial charge in [-0.3, -0.25) is 0 Å². The fourth-order valence-electron chi connectivity index (χ4n) is 5.53. The molecule has 7 heteroatoms. The average molecular weight is 560 g/mol. The number of allylic oxidation sites excluding steroid dienone is 1. The Balaban J connectivity index is 1.34. The van der Waals surface area contributed by atoms with E-state index in [2.05, 4.69) is 52.8 Å². The number of amidine groups is 1. The molecule has 0 amide bonds. The Hall–Kier alpha value is -3.12. The van der Waals surface area contributed by atoms with E-state index < -0.39 is 0 Å². The minimum Gasteiger partial charge on any atom is -0.486 e. The molecule has 0 saturated carbocycles. The van der Waals surface area contributed by atoms with Gasteiger partial charge >= 0.3 is 0 Å². The van der Waals surface area contributed by atoms with Gasteiger partial charge in [0.2, 0.25) is 0 Å². The first-order valence-electron chi connectivity index (χ1n) is 12.7. The normalized spacial score (nSPS) is 21.2. The van der Waals surface area contributed by atoms with Crippen LogP contribution in [0.4, 0.5) is 0 Å². The van der Waals surface area contributed by atoms with Crippen LogP contribution in [-0.4, -0.2) is 23.3 Å². The van der Waals surface area contributed by atoms with Gasteiger partial charge in [-0.25, -0.2) is 4.99 Å². The fourth-order valence-corrected chi connectivity index (χ4v) is 6.71. The van der Waals surface area contributed by atoms with Gasteiger partial charge in [0, 0.05) is 21.0 Å². The zero-order valence-electron chi connectivity index (χ0n) is 20.5. The van der Waals surface area contributed by atoms with Gasteiger partial charge in [-0.05, 0) is 90.1 Å². The standard InChI is InChI=1S/C31H24Cl2N2O2S/c32-23-9-4-19(5-10-23)16-22-2-1-3-25-29(22)34-31-35(30(25)20-6-11-24(33)12-7-20)26(18-38-31)21-8-13-27-28(17-21)37-15-14-36-27/h4-13,16-18,30H,1-3,14-15H2/b22-16+/t30-/m1/s1. The molecular formula is C31H24Cl2N2O2S. The van der Waals surface area contributed by atoms with Crippen LogP contribution in [0.15, 0.2) is 94.0 Å². The van der Waals surface area contributed by atoms with Crippen LogP contribution >= 0.6 is 35.0 Å². The number of ether oxygens (including phenoxy) is 2. The van der Waals surface area contributed by atoms with E-state index in [0.717, 1.165) is 68.5 Å². The molecule has 0 radical (unpaired) electrons. The fraction of sp³-hybridized carbons (Fsp3) is 0.194. The van der Waals surface area contributed by atoms with Crippen LogP contribution in [0, 0.1) is 0 Å². The number of nitrogens with zero attached hydrogens (tertiary/aromatic N) is 2. The van der Waals surface area contributed by atoms with E-state index in [1.807, 2.05) is 30.3 Å². The third-order valence-electron chi connectivity index (χ3n) is 7.27. The van der Waals surface area contributed by atoms with Crippen molar-refractivity contribution in [2.45, 2.75) is 25.3 Å². The van der Waals surface area contributed by atoms with Crippen molar-refractivity contribution < 1.29 is 9.47 Å². The minimum absolute atomic E-state index is 0.0261. The molecule has 0 bridgehead atoms. The second kappa shape index (κ2) is 9.88. The van der Waals surface area contributed by atoms with Crippen LogP contribution < -0.4 is 9.47 Å². The zero-order chi connectivity index (χ0) is 25.6. The summed E-state index contributed by atoms with van der Waals surface area (Å²) in [7, 11) is 0.